The highest BCUT2D eigenvalue weighted by Gasteiger charge is 2.30. The summed E-state index contributed by atoms with van der Waals surface area (Å²) in [6.45, 7) is 1.89. The number of amides is 1. The number of anilines is 2. The molecule has 0 bridgehead atoms. The second-order valence-corrected chi connectivity index (χ2v) is 4.94. The number of benzene rings is 2. The Bertz CT molecular complexity index is 714. The van der Waals surface area contributed by atoms with Gasteiger partial charge in [0, 0.05) is 18.3 Å². The fraction of sp³-hybridized carbons (Fsp3) is 0.188. The van der Waals surface area contributed by atoms with Crippen LogP contribution in [-0.4, -0.2) is 13.0 Å². The molecule has 2 aromatic carbocycles. The summed E-state index contributed by atoms with van der Waals surface area (Å²) >= 11 is 0. The lowest BCUT2D eigenvalue weighted by atomic mass is 10.1. The average molecular weight is 323 g/mol. The Balaban J connectivity index is 2.21. The van der Waals surface area contributed by atoms with Crippen LogP contribution in [0.2, 0.25) is 0 Å². The van der Waals surface area contributed by atoms with Crippen molar-refractivity contribution in [1.29, 1.82) is 0 Å². The fourth-order valence-electron chi connectivity index (χ4n) is 2.01. The molecule has 122 valence electrons. The molecule has 3 N–H and O–H groups in total. The number of hydrogen-bond donors (Lipinski definition) is 3. The van der Waals surface area contributed by atoms with Crippen molar-refractivity contribution in [2.24, 2.45) is 0 Å². The van der Waals surface area contributed by atoms with Crippen LogP contribution in [-0.2, 0) is 6.18 Å². The van der Waals surface area contributed by atoms with Crippen LogP contribution in [0, 0.1) is 6.92 Å². The number of aryl methyl sites for hydroxylation is 1. The minimum atomic E-state index is -4.48. The maximum absolute atomic E-state index is 12.7. The van der Waals surface area contributed by atoms with Crippen molar-refractivity contribution in [3.8, 4) is 0 Å². The summed E-state index contributed by atoms with van der Waals surface area (Å²) in [5, 5.41) is 2.59. The molecular formula is C16H16F3N3O. The largest absolute Gasteiger partial charge is 0.416 e. The van der Waals surface area contributed by atoms with Gasteiger partial charge in [-0.2, -0.15) is 13.2 Å². The first kappa shape index (κ1) is 16.8. The summed E-state index contributed by atoms with van der Waals surface area (Å²) in [4.78, 5) is 12.1. The van der Waals surface area contributed by atoms with E-state index >= 15 is 0 Å². The van der Waals surface area contributed by atoms with Crippen molar-refractivity contribution >= 4 is 17.3 Å². The molecule has 0 radical (unpaired) electrons. The molecule has 0 saturated carbocycles. The van der Waals surface area contributed by atoms with E-state index in [4.69, 9.17) is 0 Å². The lowest BCUT2D eigenvalue weighted by Crippen LogP contribution is -2.17. The zero-order valence-corrected chi connectivity index (χ0v) is 12.6. The molecule has 7 heteroatoms. The van der Waals surface area contributed by atoms with E-state index in [0.717, 1.165) is 23.4 Å². The fourth-order valence-corrected chi connectivity index (χ4v) is 2.01. The first-order chi connectivity index (χ1) is 10.8. The van der Waals surface area contributed by atoms with Crippen LogP contribution in [0.15, 0.2) is 42.5 Å². The van der Waals surface area contributed by atoms with Crippen molar-refractivity contribution < 1.29 is 18.0 Å². The number of alkyl halides is 3. The molecule has 0 heterocycles. The Hall–Kier alpha value is -2.54. The van der Waals surface area contributed by atoms with E-state index in [9.17, 15) is 18.0 Å². The van der Waals surface area contributed by atoms with Crippen LogP contribution in [0.3, 0.4) is 0 Å². The Morgan fingerprint density at radius 3 is 2.48 bits per heavy atom. The van der Waals surface area contributed by atoms with Gasteiger partial charge in [-0.25, -0.2) is 5.43 Å². The molecule has 0 atom stereocenters. The zero-order chi connectivity index (χ0) is 17.0. The normalized spacial score (nSPS) is 11.2. The Morgan fingerprint density at radius 2 is 1.83 bits per heavy atom. The molecule has 23 heavy (non-hydrogen) atoms. The summed E-state index contributed by atoms with van der Waals surface area (Å²) in [5.74, 6) is -0.602. The third-order valence-electron chi connectivity index (χ3n) is 3.21. The Labute approximate surface area is 131 Å². The number of hydrogen-bond acceptors (Lipinski definition) is 3. The topological polar surface area (TPSA) is 53.2 Å². The van der Waals surface area contributed by atoms with E-state index < -0.39 is 17.6 Å². The molecule has 0 saturated heterocycles. The van der Waals surface area contributed by atoms with Crippen molar-refractivity contribution in [2.75, 3.05) is 17.8 Å². The van der Waals surface area contributed by atoms with Crippen molar-refractivity contribution in [2.45, 2.75) is 13.1 Å². The summed E-state index contributed by atoms with van der Waals surface area (Å²) in [5.41, 5.74) is 6.97. The van der Waals surface area contributed by atoms with Crippen LogP contribution in [0.5, 0.6) is 0 Å². The van der Waals surface area contributed by atoms with E-state index in [1.54, 1.807) is 25.2 Å². The Kier molecular flexibility index (Phi) is 4.90. The van der Waals surface area contributed by atoms with Crippen LogP contribution in [0.1, 0.15) is 21.5 Å². The monoisotopic (exact) mass is 323 g/mol. The van der Waals surface area contributed by atoms with Gasteiger partial charge in [0.1, 0.15) is 0 Å². The lowest BCUT2D eigenvalue weighted by molar-refractivity contribution is -0.137. The number of nitrogens with one attached hydrogen (secondary N) is 3. The molecule has 4 nitrogen and oxygen atoms in total. The standard InChI is InChI=1S/C16H16F3N3O/c1-10-6-7-13(9-14(10)22-20-2)21-15(23)11-4-3-5-12(8-11)16(17,18)19/h3-9,20,22H,1-2H3,(H,21,23). The number of carbonyl (C=O) groups is 1. The molecule has 0 spiro atoms. The van der Waals surface area contributed by atoms with E-state index in [-0.39, 0.29) is 5.56 Å². The molecule has 0 aliphatic rings. The highest BCUT2D eigenvalue weighted by Crippen LogP contribution is 2.29. The number of carbonyl (C=O) groups excluding carboxylic acids is 1. The Morgan fingerprint density at radius 1 is 1.09 bits per heavy atom. The summed E-state index contributed by atoms with van der Waals surface area (Å²) in [7, 11) is 1.70. The number of hydrazine groups is 1. The molecule has 1 amide bonds. The molecule has 0 aliphatic carbocycles. The molecule has 2 aromatic rings. The predicted molar refractivity (Wildman–Crippen MR) is 83.3 cm³/mol. The van der Waals surface area contributed by atoms with Crippen LogP contribution < -0.4 is 16.2 Å². The average Bonchev–Trinajstić information content (AvgIpc) is 2.50. The zero-order valence-electron chi connectivity index (χ0n) is 12.6. The second kappa shape index (κ2) is 6.70. The molecular weight excluding hydrogens is 307 g/mol. The summed E-state index contributed by atoms with van der Waals surface area (Å²) in [6.07, 6.45) is -4.48. The van der Waals surface area contributed by atoms with Gasteiger partial charge in [-0.3, -0.25) is 4.79 Å². The highest BCUT2D eigenvalue weighted by molar-refractivity contribution is 6.04. The van der Waals surface area contributed by atoms with Gasteiger partial charge in [0.15, 0.2) is 0 Å². The molecule has 0 aliphatic heterocycles. The van der Waals surface area contributed by atoms with Gasteiger partial charge in [0.2, 0.25) is 0 Å². The smallest absolute Gasteiger partial charge is 0.322 e. The summed E-state index contributed by atoms with van der Waals surface area (Å²) in [6, 6.07) is 9.47. The van der Waals surface area contributed by atoms with E-state index in [1.165, 1.54) is 12.1 Å². The molecule has 0 aromatic heterocycles. The van der Waals surface area contributed by atoms with Crippen molar-refractivity contribution in [3.63, 3.8) is 0 Å². The van der Waals surface area contributed by atoms with Gasteiger partial charge in [0.25, 0.3) is 5.91 Å². The second-order valence-electron chi connectivity index (χ2n) is 4.94. The third-order valence-corrected chi connectivity index (χ3v) is 3.21. The van der Waals surface area contributed by atoms with E-state index in [0.29, 0.717) is 5.69 Å². The van der Waals surface area contributed by atoms with Gasteiger partial charge in [-0.1, -0.05) is 12.1 Å². The van der Waals surface area contributed by atoms with Crippen molar-refractivity contribution in [1.82, 2.24) is 5.43 Å². The van der Waals surface area contributed by atoms with E-state index in [1.807, 2.05) is 6.92 Å². The number of halogens is 3. The van der Waals surface area contributed by atoms with Crippen molar-refractivity contribution in [3.05, 3.63) is 59.2 Å². The lowest BCUT2D eigenvalue weighted by Gasteiger charge is -2.12. The molecule has 0 unspecified atom stereocenters. The minimum absolute atomic E-state index is 0.0523. The predicted octanol–water partition coefficient (Wildman–Crippen LogP) is 3.81. The molecule has 2 rings (SSSR count). The van der Waals surface area contributed by atoms with Gasteiger partial charge < -0.3 is 10.7 Å². The van der Waals surface area contributed by atoms with Gasteiger partial charge in [-0.05, 0) is 42.8 Å². The first-order valence-electron chi connectivity index (χ1n) is 6.83. The SMILES string of the molecule is CNNc1cc(NC(=O)c2cccc(C(F)(F)F)c2)ccc1C. The maximum atomic E-state index is 12.7. The van der Waals surface area contributed by atoms with E-state index in [2.05, 4.69) is 16.2 Å². The highest BCUT2D eigenvalue weighted by atomic mass is 19.4. The van der Waals surface area contributed by atoms with Gasteiger partial charge in [-0.15, -0.1) is 0 Å². The molecule has 0 fully saturated rings. The minimum Gasteiger partial charge on any atom is -0.322 e. The quantitative estimate of drug-likeness (QED) is 0.750. The number of rotatable bonds is 4. The third kappa shape index (κ3) is 4.23. The summed E-state index contributed by atoms with van der Waals surface area (Å²) < 4.78 is 38.1. The van der Waals surface area contributed by atoms with Gasteiger partial charge >= 0.3 is 6.18 Å². The van der Waals surface area contributed by atoms with Crippen LogP contribution in [0.4, 0.5) is 24.5 Å². The van der Waals surface area contributed by atoms with Gasteiger partial charge in [0.05, 0.1) is 11.3 Å². The first-order valence-corrected chi connectivity index (χ1v) is 6.83. The maximum Gasteiger partial charge on any atom is 0.416 e. The van der Waals surface area contributed by atoms with Crippen LogP contribution >= 0.6 is 0 Å². The van der Waals surface area contributed by atoms with Crippen LogP contribution in [0.25, 0.3) is 0 Å².